The Morgan fingerprint density at radius 3 is 2.68 bits per heavy atom. The zero-order valence-corrected chi connectivity index (χ0v) is 11.5. The van der Waals surface area contributed by atoms with E-state index in [1.807, 2.05) is 0 Å². The quantitative estimate of drug-likeness (QED) is 0.855. The van der Waals surface area contributed by atoms with E-state index in [1.54, 1.807) is 25.1 Å². The van der Waals surface area contributed by atoms with Gasteiger partial charge >= 0.3 is 0 Å². The highest BCUT2D eigenvalue weighted by Gasteiger charge is 2.22. The van der Waals surface area contributed by atoms with Crippen molar-refractivity contribution in [2.24, 2.45) is 0 Å². The van der Waals surface area contributed by atoms with Crippen LogP contribution in [-0.2, 0) is 16.6 Å². The molecule has 19 heavy (non-hydrogen) atoms. The highest BCUT2D eigenvalue weighted by atomic mass is 32.2. The summed E-state index contributed by atoms with van der Waals surface area (Å²) in [5.41, 5.74) is 6.57. The van der Waals surface area contributed by atoms with Crippen LogP contribution in [0.3, 0.4) is 0 Å². The molecule has 2 rings (SSSR count). The van der Waals surface area contributed by atoms with E-state index < -0.39 is 10.0 Å². The summed E-state index contributed by atoms with van der Waals surface area (Å²) >= 11 is 0. The number of aryl methyl sites for hydroxylation is 1. The maximum absolute atomic E-state index is 12.3. The minimum atomic E-state index is -3.58. The van der Waals surface area contributed by atoms with Crippen molar-refractivity contribution in [2.45, 2.75) is 18.4 Å². The van der Waals surface area contributed by atoms with Crippen LogP contribution >= 0.6 is 0 Å². The lowest BCUT2D eigenvalue weighted by Crippen LogP contribution is -2.26. The third-order valence-corrected chi connectivity index (χ3v) is 4.43. The summed E-state index contributed by atoms with van der Waals surface area (Å²) in [6.45, 7) is 1.90. The smallest absolute Gasteiger partial charge is 0.243 e. The highest BCUT2D eigenvalue weighted by molar-refractivity contribution is 7.89. The van der Waals surface area contributed by atoms with E-state index in [0.717, 1.165) is 0 Å². The molecule has 0 spiro atoms. The molecular formula is C12H15N3O3S. The molecule has 6 nitrogen and oxygen atoms in total. The molecule has 2 N–H and O–H groups in total. The van der Waals surface area contributed by atoms with Crippen LogP contribution in [0.25, 0.3) is 0 Å². The Hall–Kier alpha value is -1.86. The van der Waals surface area contributed by atoms with Gasteiger partial charge in [0.15, 0.2) is 0 Å². The van der Waals surface area contributed by atoms with E-state index in [0.29, 0.717) is 17.1 Å². The Labute approximate surface area is 111 Å². The van der Waals surface area contributed by atoms with Crippen molar-refractivity contribution >= 4 is 15.7 Å². The van der Waals surface area contributed by atoms with Crippen LogP contribution in [0.15, 0.2) is 39.8 Å². The second kappa shape index (κ2) is 5.02. The van der Waals surface area contributed by atoms with E-state index in [9.17, 15) is 8.42 Å². The number of sulfonamides is 1. The third-order valence-electron chi connectivity index (χ3n) is 2.63. The molecule has 1 aromatic carbocycles. The minimum absolute atomic E-state index is 0.147. The Morgan fingerprint density at radius 1 is 1.37 bits per heavy atom. The van der Waals surface area contributed by atoms with Crippen LogP contribution in [0.2, 0.25) is 0 Å². The van der Waals surface area contributed by atoms with Crippen molar-refractivity contribution in [2.75, 3.05) is 12.8 Å². The van der Waals surface area contributed by atoms with Gasteiger partial charge < -0.3 is 10.3 Å². The number of nitrogen functional groups attached to an aromatic ring is 1. The van der Waals surface area contributed by atoms with Crippen LogP contribution in [-0.4, -0.2) is 24.9 Å². The number of anilines is 1. The first-order chi connectivity index (χ1) is 8.89. The van der Waals surface area contributed by atoms with E-state index in [-0.39, 0.29) is 11.4 Å². The monoisotopic (exact) mass is 281 g/mol. The molecule has 0 bridgehead atoms. The molecule has 0 radical (unpaired) electrons. The van der Waals surface area contributed by atoms with Crippen LogP contribution in [0.1, 0.15) is 11.5 Å². The normalized spacial score (nSPS) is 11.9. The number of aromatic nitrogens is 1. The Kier molecular flexibility index (Phi) is 3.59. The van der Waals surface area contributed by atoms with Gasteiger partial charge in [-0.05, 0) is 25.1 Å². The van der Waals surface area contributed by atoms with E-state index in [1.165, 1.54) is 23.5 Å². The SMILES string of the molecule is Cc1cc(CN(C)S(=O)(=O)c2cccc(N)c2)no1. The molecule has 0 saturated carbocycles. The maximum Gasteiger partial charge on any atom is 0.243 e. The molecule has 0 atom stereocenters. The van der Waals surface area contributed by atoms with Gasteiger partial charge in [0.1, 0.15) is 5.76 Å². The number of rotatable bonds is 4. The maximum atomic E-state index is 12.3. The average molecular weight is 281 g/mol. The van der Waals surface area contributed by atoms with E-state index >= 15 is 0 Å². The fourth-order valence-corrected chi connectivity index (χ4v) is 2.86. The van der Waals surface area contributed by atoms with Gasteiger partial charge in [-0.25, -0.2) is 8.42 Å². The molecule has 0 unspecified atom stereocenters. The predicted molar refractivity (Wildman–Crippen MR) is 70.7 cm³/mol. The number of nitrogens with zero attached hydrogens (tertiary/aromatic N) is 2. The highest BCUT2D eigenvalue weighted by Crippen LogP contribution is 2.18. The lowest BCUT2D eigenvalue weighted by Gasteiger charge is -2.15. The first kappa shape index (κ1) is 13.6. The van der Waals surface area contributed by atoms with Crippen LogP contribution in [0.5, 0.6) is 0 Å². The van der Waals surface area contributed by atoms with Gasteiger partial charge in [-0.1, -0.05) is 11.2 Å². The zero-order chi connectivity index (χ0) is 14.0. The molecule has 0 amide bonds. The van der Waals surface area contributed by atoms with Gasteiger partial charge in [-0.3, -0.25) is 0 Å². The van der Waals surface area contributed by atoms with Crippen molar-refractivity contribution in [3.63, 3.8) is 0 Å². The predicted octanol–water partition coefficient (Wildman–Crippen LogP) is 1.39. The van der Waals surface area contributed by atoms with Gasteiger partial charge in [0.25, 0.3) is 0 Å². The molecule has 0 aliphatic carbocycles. The topological polar surface area (TPSA) is 89.4 Å². The van der Waals surface area contributed by atoms with Gasteiger partial charge in [0.2, 0.25) is 10.0 Å². The number of hydrogen-bond donors (Lipinski definition) is 1. The third kappa shape index (κ3) is 2.94. The molecule has 7 heteroatoms. The summed E-state index contributed by atoms with van der Waals surface area (Å²) in [6.07, 6.45) is 0. The fraction of sp³-hybridized carbons (Fsp3) is 0.250. The van der Waals surface area contributed by atoms with E-state index in [4.69, 9.17) is 10.3 Å². The van der Waals surface area contributed by atoms with Crippen LogP contribution < -0.4 is 5.73 Å². The summed E-state index contributed by atoms with van der Waals surface area (Å²) in [4.78, 5) is 0.162. The molecule has 2 aromatic rings. The summed E-state index contributed by atoms with van der Waals surface area (Å²) in [6, 6.07) is 7.89. The van der Waals surface area contributed by atoms with Gasteiger partial charge in [0, 0.05) is 18.8 Å². The minimum Gasteiger partial charge on any atom is -0.399 e. The van der Waals surface area contributed by atoms with Crippen molar-refractivity contribution in [3.05, 3.63) is 41.8 Å². The fourth-order valence-electron chi connectivity index (χ4n) is 1.66. The van der Waals surface area contributed by atoms with Crippen molar-refractivity contribution in [1.29, 1.82) is 0 Å². The molecule has 0 aliphatic heterocycles. The van der Waals surface area contributed by atoms with Gasteiger partial charge in [-0.15, -0.1) is 0 Å². The summed E-state index contributed by atoms with van der Waals surface area (Å²) in [5, 5.41) is 3.77. The summed E-state index contributed by atoms with van der Waals surface area (Å²) in [5.74, 6) is 0.643. The summed E-state index contributed by atoms with van der Waals surface area (Å²) < 4.78 is 30.7. The van der Waals surface area contributed by atoms with Gasteiger partial charge in [-0.2, -0.15) is 4.31 Å². The largest absolute Gasteiger partial charge is 0.399 e. The molecule has 102 valence electrons. The van der Waals surface area contributed by atoms with Crippen molar-refractivity contribution in [1.82, 2.24) is 9.46 Å². The first-order valence-corrected chi connectivity index (χ1v) is 7.07. The number of hydrogen-bond acceptors (Lipinski definition) is 5. The Morgan fingerprint density at radius 2 is 2.11 bits per heavy atom. The standard InChI is InChI=1S/C12H15N3O3S/c1-9-6-11(14-18-9)8-15(2)19(16,17)12-5-3-4-10(13)7-12/h3-7H,8,13H2,1-2H3. The number of benzene rings is 1. The van der Waals surface area contributed by atoms with E-state index in [2.05, 4.69) is 5.16 Å². The Bertz CT molecular complexity index is 679. The first-order valence-electron chi connectivity index (χ1n) is 5.63. The molecular weight excluding hydrogens is 266 g/mol. The molecule has 0 fully saturated rings. The molecule has 1 aromatic heterocycles. The van der Waals surface area contributed by atoms with Crippen LogP contribution in [0, 0.1) is 6.92 Å². The second-order valence-electron chi connectivity index (χ2n) is 4.26. The second-order valence-corrected chi connectivity index (χ2v) is 6.31. The Balaban J connectivity index is 2.24. The summed E-state index contributed by atoms with van der Waals surface area (Å²) in [7, 11) is -2.09. The lowest BCUT2D eigenvalue weighted by molar-refractivity contribution is 0.378. The molecule has 0 saturated heterocycles. The average Bonchev–Trinajstić information content (AvgIpc) is 2.74. The zero-order valence-electron chi connectivity index (χ0n) is 10.7. The van der Waals surface area contributed by atoms with Crippen molar-refractivity contribution in [3.8, 4) is 0 Å². The lowest BCUT2D eigenvalue weighted by atomic mass is 10.3. The molecule has 0 aliphatic rings. The van der Waals surface area contributed by atoms with Gasteiger partial charge in [0.05, 0.1) is 17.1 Å². The van der Waals surface area contributed by atoms with Crippen molar-refractivity contribution < 1.29 is 12.9 Å². The van der Waals surface area contributed by atoms with Crippen LogP contribution in [0.4, 0.5) is 5.69 Å². The number of nitrogens with two attached hydrogens (primary N) is 1. The molecule has 1 heterocycles.